The van der Waals surface area contributed by atoms with Crippen molar-refractivity contribution in [3.05, 3.63) is 64.4 Å². The van der Waals surface area contributed by atoms with Gasteiger partial charge in [-0.05, 0) is 43.7 Å². The zero-order valence-electron chi connectivity index (χ0n) is 17.6. The second kappa shape index (κ2) is 9.95. The Kier molecular flexibility index (Phi) is 6.86. The van der Waals surface area contributed by atoms with E-state index in [1.807, 2.05) is 55.1 Å². The lowest BCUT2D eigenvalue weighted by molar-refractivity contribution is -0.0247. The molecule has 8 nitrogen and oxygen atoms in total. The van der Waals surface area contributed by atoms with Crippen LogP contribution in [-0.4, -0.2) is 52.3 Å². The van der Waals surface area contributed by atoms with Crippen LogP contribution < -0.4 is 5.32 Å². The van der Waals surface area contributed by atoms with Crippen LogP contribution in [0.15, 0.2) is 41.9 Å². The van der Waals surface area contributed by atoms with Gasteiger partial charge in [0.25, 0.3) is 5.91 Å². The van der Waals surface area contributed by atoms with Gasteiger partial charge in [0.15, 0.2) is 0 Å². The number of carbonyl (C=O) groups excluding carboxylic acids is 1. The minimum Gasteiger partial charge on any atom is -0.377 e. The van der Waals surface area contributed by atoms with Crippen LogP contribution in [0.4, 0.5) is 10.8 Å². The molecule has 1 N–H and O–H groups in total. The van der Waals surface area contributed by atoms with Crippen LogP contribution in [0.2, 0.25) is 0 Å². The van der Waals surface area contributed by atoms with Crippen LogP contribution in [-0.2, 0) is 16.1 Å². The highest BCUT2D eigenvalue weighted by atomic mass is 32.1. The number of benzene rings is 1. The van der Waals surface area contributed by atoms with E-state index >= 15 is 0 Å². The summed E-state index contributed by atoms with van der Waals surface area (Å²) in [5, 5.41) is 11.8. The third kappa shape index (κ3) is 5.43. The maximum atomic E-state index is 13.0. The van der Waals surface area contributed by atoms with Crippen LogP contribution >= 0.6 is 11.3 Å². The number of anilines is 2. The van der Waals surface area contributed by atoms with Crippen molar-refractivity contribution < 1.29 is 14.3 Å². The Morgan fingerprint density at radius 2 is 2.16 bits per heavy atom. The van der Waals surface area contributed by atoms with Gasteiger partial charge in [0, 0.05) is 30.1 Å². The fourth-order valence-corrected chi connectivity index (χ4v) is 3.91. The predicted octanol–water partition coefficient (Wildman–Crippen LogP) is 3.74. The normalized spacial score (nSPS) is 16.3. The maximum Gasteiger partial charge on any atom is 0.254 e. The van der Waals surface area contributed by atoms with Crippen LogP contribution in [0, 0.1) is 6.92 Å². The largest absolute Gasteiger partial charge is 0.377 e. The number of pyridine rings is 1. The first-order chi connectivity index (χ1) is 15.1. The summed E-state index contributed by atoms with van der Waals surface area (Å²) >= 11 is 1.43. The van der Waals surface area contributed by atoms with Crippen molar-refractivity contribution in [2.75, 3.05) is 31.6 Å². The number of rotatable bonds is 7. The number of ether oxygens (including phenoxy) is 2. The highest BCUT2D eigenvalue weighted by molar-refractivity contribution is 7.13. The molecule has 1 fully saturated rings. The van der Waals surface area contributed by atoms with Crippen molar-refractivity contribution in [2.24, 2.45) is 0 Å². The Balaban J connectivity index is 1.45. The molecule has 1 aromatic carbocycles. The molecule has 9 heteroatoms. The van der Waals surface area contributed by atoms with Gasteiger partial charge in [0.1, 0.15) is 11.6 Å². The predicted molar refractivity (Wildman–Crippen MR) is 119 cm³/mol. The van der Waals surface area contributed by atoms with Crippen molar-refractivity contribution in [3.8, 4) is 0 Å². The molecule has 2 aromatic heterocycles. The summed E-state index contributed by atoms with van der Waals surface area (Å²) in [5.74, 6) is -0.00359. The Bertz CT molecular complexity index is 1010. The number of carbonyl (C=O) groups is 1. The van der Waals surface area contributed by atoms with E-state index in [-0.39, 0.29) is 12.0 Å². The number of hydrogen-bond donors (Lipinski definition) is 1. The van der Waals surface area contributed by atoms with E-state index < -0.39 is 0 Å². The molecule has 0 spiro atoms. The minimum atomic E-state index is -0.287. The molecule has 0 saturated carbocycles. The van der Waals surface area contributed by atoms with Gasteiger partial charge in [-0.1, -0.05) is 23.5 Å². The summed E-state index contributed by atoms with van der Waals surface area (Å²) in [4.78, 5) is 19.5. The number of nitrogens with zero attached hydrogens (tertiary/aromatic N) is 4. The zero-order valence-corrected chi connectivity index (χ0v) is 18.4. The van der Waals surface area contributed by atoms with Gasteiger partial charge < -0.3 is 19.7 Å². The zero-order chi connectivity index (χ0) is 21.6. The van der Waals surface area contributed by atoms with Gasteiger partial charge in [-0.2, -0.15) is 0 Å². The summed E-state index contributed by atoms with van der Waals surface area (Å²) in [6.07, 6.45) is -0.287. The summed E-state index contributed by atoms with van der Waals surface area (Å²) < 4.78 is 11.4. The second-order valence-electron chi connectivity index (χ2n) is 7.24. The number of aromatic nitrogens is 3. The van der Waals surface area contributed by atoms with E-state index in [0.29, 0.717) is 43.6 Å². The summed E-state index contributed by atoms with van der Waals surface area (Å²) in [6.45, 7) is 6.59. The van der Waals surface area contributed by atoms with E-state index in [1.165, 1.54) is 11.3 Å². The molecule has 4 rings (SSSR count). The molecule has 1 amide bonds. The number of morpholine rings is 1. The molecular formula is C22H25N5O3S. The Hall–Kier alpha value is -2.88. The Morgan fingerprint density at radius 3 is 2.90 bits per heavy atom. The monoisotopic (exact) mass is 439 g/mol. The topological polar surface area (TPSA) is 89.5 Å². The van der Waals surface area contributed by atoms with Gasteiger partial charge in [0.05, 0.1) is 25.5 Å². The minimum absolute atomic E-state index is 0.00359. The first-order valence-corrected chi connectivity index (χ1v) is 11.1. The fraction of sp³-hybridized carbons (Fsp3) is 0.364. The maximum absolute atomic E-state index is 13.0. The summed E-state index contributed by atoms with van der Waals surface area (Å²) in [7, 11) is 0. The van der Waals surface area contributed by atoms with Crippen molar-refractivity contribution in [3.63, 3.8) is 0 Å². The van der Waals surface area contributed by atoms with Gasteiger partial charge >= 0.3 is 0 Å². The lowest BCUT2D eigenvalue weighted by atomic mass is 10.1. The number of amides is 1. The molecule has 0 radical (unpaired) electrons. The smallest absolute Gasteiger partial charge is 0.254 e. The third-order valence-electron chi connectivity index (χ3n) is 4.94. The molecule has 1 aliphatic rings. The quantitative estimate of drug-likeness (QED) is 0.600. The first kappa shape index (κ1) is 21.4. The van der Waals surface area contributed by atoms with Gasteiger partial charge in [-0.25, -0.2) is 0 Å². The van der Waals surface area contributed by atoms with E-state index in [2.05, 4.69) is 20.5 Å². The SMILES string of the molecule is CCOCc1ccc(C(=O)N2CCOC(c3cc(Nc4nncs4)cc(C)n3)C2)cc1. The molecule has 3 heterocycles. The van der Waals surface area contributed by atoms with Crippen LogP contribution in [0.25, 0.3) is 0 Å². The molecule has 1 saturated heterocycles. The lowest BCUT2D eigenvalue weighted by Crippen LogP contribution is -2.42. The summed E-state index contributed by atoms with van der Waals surface area (Å²) in [5.41, 5.74) is 5.91. The van der Waals surface area contributed by atoms with Gasteiger partial charge in [-0.15, -0.1) is 10.2 Å². The van der Waals surface area contributed by atoms with Crippen molar-refractivity contribution >= 4 is 28.1 Å². The van der Waals surface area contributed by atoms with E-state index in [0.717, 1.165) is 22.6 Å². The molecule has 0 bridgehead atoms. The Morgan fingerprint density at radius 1 is 1.32 bits per heavy atom. The molecule has 3 aromatic rings. The van der Waals surface area contributed by atoms with Crippen LogP contribution in [0.5, 0.6) is 0 Å². The number of aryl methyl sites for hydroxylation is 1. The lowest BCUT2D eigenvalue weighted by Gasteiger charge is -2.33. The fourth-order valence-electron chi connectivity index (χ4n) is 3.44. The molecule has 1 aliphatic heterocycles. The highest BCUT2D eigenvalue weighted by Gasteiger charge is 2.27. The van der Waals surface area contributed by atoms with E-state index in [1.54, 1.807) is 5.51 Å². The average Bonchev–Trinajstić information content (AvgIpc) is 3.30. The molecule has 0 aliphatic carbocycles. The third-order valence-corrected chi connectivity index (χ3v) is 5.55. The van der Waals surface area contributed by atoms with Gasteiger partial charge in [-0.3, -0.25) is 9.78 Å². The molecule has 162 valence electrons. The average molecular weight is 440 g/mol. The number of hydrogen-bond acceptors (Lipinski definition) is 8. The van der Waals surface area contributed by atoms with E-state index in [4.69, 9.17) is 9.47 Å². The Labute approximate surface area is 185 Å². The van der Waals surface area contributed by atoms with Crippen molar-refractivity contribution in [2.45, 2.75) is 26.6 Å². The molecular weight excluding hydrogens is 414 g/mol. The second-order valence-corrected chi connectivity index (χ2v) is 8.07. The van der Waals surface area contributed by atoms with Crippen molar-refractivity contribution in [1.29, 1.82) is 0 Å². The summed E-state index contributed by atoms with van der Waals surface area (Å²) in [6, 6.07) is 11.5. The molecule has 31 heavy (non-hydrogen) atoms. The highest BCUT2D eigenvalue weighted by Crippen LogP contribution is 2.26. The molecule has 1 unspecified atom stereocenters. The van der Waals surface area contributed by atoms with Crippen LogP contribution in [0.1, 0.15) is 40.3 Å². The first-order valence-electron chi connectivity index (χ1n) is 10.2. The van der Waals surface area contributed by atoms with Crippen molar-refractivity contribution in [1.82, 2.24) is 20.1 Å². The molecule has 1 atom stereocenters. The van der Waals surface area contributed by atoms with Gasteiger partial charge in [0.2, 0.25) is 5.13 Å². The van der Waals surface area contributed by atoms with Crippen LogP contribution in [0.3, 0.4) is 0 Å². The standard InChI is InChI=1S/C22H25N5O3S/c1-3-29-13-16-4-6-17(7-5-16)21(28)27-8-9-30-20(12-27)19-11-18(10-15(2)24-19)25-22-26-23-14-31-22/h4-7,10-11,14,20H,3,8-9,12-13H2,1-2H3,(H,24,25,26). The van der Waals surface area contributed by atoms with E-state index in [9.17, 15) is 4.79 Å². The number of nitrogens with one attached hydrogen (secondary N) is 1.